The summed E-state index contributed by atoms with van der Waals surface area (Å²) >= 11 is 6.20. The highest BCUT2D eigenvalue weighted by Gasteiger charge is 2.10. The second kappa shape index (κ2) is 5.26. The molecule has 0 amide bonds. The van der Waals surface area contributed by atoms with Gasteiger partial charge in [0, 0.05) is 5.38 Å². The predicted molar refractivity (Wildman–Crippen MR) is 61.2 cm³/mol. The fourth-order valence-corrected chi connectivity index (χ4v) is 1.44. The molecule has 0 saturated heterocycles. The monoisotopic (exact) mass is 212 g/mol. The maximum atomic E-state index is 6.20. The van der Waals surface area contributed by atoms with E-state index in [4.69, 9.17) is 16.3 Å². The van der Waals surface area contributed by atoms with E-state index in [1.807, 2.05) is 18.2 Å². The van der Waals surface area contributed by atoms with Crippen molar-refractivity contribution in [2.24, 2.45) is 5.92 Å². The van der Waals surface area contributed by atoms with Crippen LogP contribution in [0.3, 0.4) is 0 Å². The van der Waals surface area contributed by atoms with E-state index >= 15 is 0 Å². The molecule has 78 valence electrons. The van der Waals surface area contributed by atoms with Crippen LogP contribution in [0.15, 0.2) is 24.3 Å². The maximum absolute atomic E-state index is 6.20. The van der Waals surface area contributed by atoms with Crippen molar-refractivity contribution in [2.75, 3.05) is 7.11 Å². The van der Waals surface area contributed by atoms with Crippen molar-refractivity contribution in [3.05, 3.63) is 29.8 Å². The Hall–Kier alpha value is -0.690. The SMILES string of the molecule is COc1cccc(CC(Cl)C(C)C)c1. The molecule has 0 aromatic heterocycles. The number of rotatable bonds is 4. The highest BCUT2D eigenvalue weighted by molar-refractivity contribution is 6.20. The fourth-order valence-electron chi connectivity index (χ4n) is 1.26. The largest absolute Gasteiger partial charge is 0.497 e. The first kappa shape index (κ1) is 11.4. The van der Waals surface area contributed by atoms with Crippen LogP contribution in [0.4, 0.5) is 0 Å². The lowest BCUT2D eigenvalue weighted by Gasteiger charge is -2.13. The zero-order valence-electron chi connectivity index (χ0n) is 8.96. The zero-order chi connectivity index (χ0) is 10.6. The van der Waals surface area contributed by atoms with Crippen LogP contribution in [0.2, 0.25) is 0 Å². The van der Waals surface area contributed by atoms with Crippen LogP contribution >= 0.6 is 11.6 Å². The number of alkyl halides is 1. The van der Waals surface area contributed by atoms with Gasteiger partial charge in [0.1, 0.15) is 5.75 Å². The van der Waals surface area contributed by atoms with E-state index in [0.717, 1.165) is 12.2 Å². The lowest BCUT2D eigenvalue weighted by molar-refractivity contribution is 0.414. The minimum atomic E-state index is 0.196. The smallest absolute Gasteiger partial charge is 0.119 e. The van der Waals surface area contributed by atoms with Crippen LogP contribution in [0.5, 0.6) is 5.75 Å². The molecule has 1 nitrogen and oxygen atoms in total. The Kier molecular flexibility index (Phi) is 4.27. The molecular weight excluding hydrogens is 196 g/mol. The summed E-state index contributed by atoms with van der Waals surface area (Å²) in [7, 11) is 1.68. The first-order valence-electron chi connectivity index (χ1n) is 4.90. The van der Waals surface area contributed by atoms with Gasteiger partial charge >= 0.3 is 0 Å². The van der Waals surface area contributed by atoms with Gasteiger partial charge in [-0.05, 0) is 30.0 Å². The molecule has 1 atom stereocenters. The lowest BCUT2D eigenvalue weighted by Crippen LogP contribution is -2.10. The normalized spacial score (nSPS) is 12.9. The molecule has 1 unspecified atom stereocenters. The van der Waals surface area contributed by atoms with E-state index < -0.39 is 0 Å². The summed E-state index contributed by atoms with van der Waals surface area (Å²) in [6.07, 6.45) is 0.899. The van der Waals surface area contributed by atoms with Crippen LogP contribution in [-0.4, -0.2) is 12.5 Å². The Morgan fingerprint density at radius 2 is 2.07 bits per heavy atom. The standard InChI is InChI=1S/C12H17ClO/c1-9(2)12(13)8-10-5-4-6-11(7-10)14-3/h4-7,9,12H,8H2,1-3H3. The van der Waals surface area contributed by atoms with Crippen LogP contribution in [-0.2, 0) is 6.42 Å². The van der Waals surface area contributed by atoms with Crippen molar-refractivity contribution in [3.63, 3.8) is 0 Å². The van der Waals surface area contributed by atoms with E-state index in [0.29, 0.717) is 5.92 Å². The van der Waals surface area contributed by atoms with Gasteiger partial charge in [0.05, 0.1) is 7.11 Å². The Morgan fingerprint density at radius 1 is 1.36 bits per heavy atom. The lowest BCUT2D eigenvalue weighted by atomic mass is 10.0. The third kappa shape index (κ3) is 3.22. The molecule has 1 aromatic carbocycles. The molecule has 0 bridgehead atoms. The highest BCUT2D eigenvalue weighted by atomic mass is 35.5. The molecule has 1 aromatic rings. The number of hydrogen-bond donors (Lipinski definition) is 0. The Morgan fingerprint density at radius 3 is 2.64 bits per heavy atom. The second-order valence-electron chi connectivity index (χ2n) is 3.82. The van der Waals surface area contributed by atoms with Crippen LogP contribution < -0.4 is 4.74 Å². The van der Waals surface area contributed by atoms with Crippen LogP contribution in [0, 0.1) is 5.92 Å². The molecule has 0 saturated carbocycles. The van der Waals surface area contributed by atoms with Crippen molar-refractivity contribution in [2.45, 2.75) is 25.6 Å². The minimum absolute atomic E-state index is 0.196. The number of benzene rings is 1. The quantitative estimate of drug-likeness (QED) is 0.695. The van der Waals surface area contributed by atoms with Gasteiger partial charge in [-0.15, -0.1) is 11.6 Å². The number of methoxy groups -OCH3 is 1. The molecule has 0 spiro atoms. The second-order valence-corrected chi connectivity index (χ2v) is 4.38. The van der Waals surface area contributed by atoms with Gasteiger partial charge in [-0.1, -0.05) is 26.0 Å². The van der Waals surface area contributed by atoms with Crippen LogP contribution in [0.25, 0.3) is 0 Å². The van der Waals surface area contributed by atoms with E-state index in [1.165, 1.54) is 5.56 Å². The summed E-state index contributed by atoms with van der Waals surface area (Å²) in [5, 5.41) is 0.196. The number of halogens is 1. The third-order valence-electron chi connectivity index (χ3n) is 2.29. The molecule has 0 aliphatic heterocycles. The molecule has 0 radical (unpaired) electrons. The first-order chi connectivity index (χ1) is 6.63. The summed E-state index contributed by atoms with van der Waals surface area (Å²) in [5.74, 6) is 1.40. The van der Waals surface area contributed by atoms with E-state index in [-0.39, 0.29) is 5.38 Å². The molecule has 14 heavy (non-hydrogen) atoms. The van der Waals surface area contributed by atoms with Gasteiger partial charge in [0.2, 0.25) is 0 Å². The summed E-state index contributed by atoms with van der Waals surface area (Å²) in [4.78, 5) is 0. The molecular formula is C12H17ClO. The number of hydrogen-bond acceptors (Lipinski definition) is 1. The summed E-state index contributed by atoms with van der Waals surface area (Å²) in [6, 6.07) is 8.07. The fraction of sp³-hybridized carbons (Fsp3) is 0.500. The molecule has 0 fully saturated rings. The van der Waals surface area contributed by atoms with E-state index in [1.54, 1.807) is 7.11 Å². The highest BCUT2D eigenvalue weighted by Crippen LogP contribution is 2.19. The van der Waals surface area contributed by atoms with Gasteiger partial charge in [-0.25, -0.2) is 0 Å². The van der Waals surface area contributed by atoms with Gasteiger partial charge in [-0.2, -0.15) is 0 Å². The first-order valence-corrected chi connectivity index (χ1v) is 5.34. The zero-order valence-corrected chi connectivity index (χ0v) is 9.71. The summed E-state index contributed by atoms with van der Waals surface area (Å²) in [5.41, 5.74) is 1.23. The van der Waals surface area contributed by atoms with Gasteiger partial charge in [0.25, 0.3) is 0 Å². The molecule has 2 heteroatoms. The Labute approximate surface area is 91.0 Å². The average Bonchev–Trinajstić information content (AvgIpc) is 2.18. The van der Waals surface area contributed by atoms with Crippen molar-refractivity contribution >= 4 is 11.6 Å². The molecule has 0 heterocycles. The van der Waals surface area contributed by atoms with Crippen molar-refractivity contribution < 1.29 is 4.74 Å². The van der Waals surface area contributed by atoms with Crippen molar-refractivity contribution in [3.8, 4) is 5.75 Å². The molecule has 1 rings (SSSR count). The minimum Gasteiger partial charge on any atom is -0.497 e. The maximum Gasteiger partial charge on any atom is 0.119 e. The molecule has 0 N–H and O–H groups in total. The van der Waals surface area contributed by atoms with Gasteiger partial charge < -0.3 is 4.74 Å². The topological polar surface area (TPSA) is 9.23 Å². The van der Waals surface area contributed by atoms with E-state index in [9.17, 15) is 0 Å². The van der Waals surface area contributed by atoms with Crippen LogP contribution in [0.1, 0.15) is 19.4 Å². The Bertz CT molecular complexity index is 283. The summed E-state index contributed by atoms with van der Waals surface area (Å²) < 4.78 is 5.15. The third-order valence-corrected chi connectivity index (χ3v) is 2.95. The predicted octanol–water partition coefficient (Wildman–Crippen LogP) is 3.50. The van der Waals surface area contributed by atoms with Crippen molar-refractivity contribution in [1.82, 2.24) is 0 Å². The summed E-state index contributed by atoms with van der Waals surface area (Å²) in [6.45, 7) is 4.27. The number of ether oxygens (including phenoxy) is 1. The average molecular weight is 213 g/mol. The molecule has 0 aliphatic carbocycles. The van der Waals surface area contributed by atoms with Gasteiger partial charge in [0.15, 0.2) is 0 Å². The Balaban J connectivity index is 2.66. The molecule has 0 aliphatic rings. The van der Waals surface area contributed by atoms with E-state index in [2.05, 4.69) is 19.9 Å². The van der Waals surface area contributed by atoms with Gasteiger partial charge in [-0.3, -0.25) is 0 Å². The van der Waals surface area contributed by atoms with Crippen molar-refractivity contribution in [1.29, 1.82) is 0 Å².